The predicted molar refractivity (Wildman–Crippen MR) is 82.7 cm³/mol. The van der Waals surface area contributed by atoms with E-state index in [0.29, 0.717) is 36.1 Å². The van der Waals surface area contributed by atoms with Crippen molar-refractivity contribution in [3.05, 3.63) is 47.8 Å². The van der Waals surface area contributed by atoms with Crippen LogP contribution < -0.4 is 9.47 Å². The zero-order valence-electron chi connectivity index (χ0n) is 12.6. The molecule has 0 atom stereocenters. The molecule has 0 bridgehead atoms. The Morgan fingerprint density at radius 3 is 1.57 bits per heavy atom. The van der Waals surface area contributed by atoms with Crippen molar-refractivity contribution in [1.82, 2.24) is 9.97 Å². The molecule has 0 amide bonds. The first kappa shape index (κ1) is 16.3. The number of unbranched alkanes of at least 4 members (excludes halogenated alkanes) is 2. The smallest absolute Gasteiger partial charge is 0.213 e. The van der Waals surface area contributed by atoms with Crippen LogP contribution in [0.4, 0.5) is 0 Å². The molecule has 0 N–H and O–H groups in total. The summed E-state index contributed by atoms with van der Waals surface area (Å²) >= 11 is 0. The first-order valence-electron chi connectivity index (χ1n) is 7.30. The molecule has 6 heteroatoms. The van der Waals surface area contributed by atoms with Crippen LogP contribution in [-0.4, -0.2) is 23.2 Å². The van der Waals surface area contributed by atoms with Crippen LogP contribution in [0.15, 0.2) is 36.7 Å². The lowest BCUT2D eigenvalue weighted by atomic mass is 10.2. The van der Waals surface area contributed by atoms with E-state index in [1.165, 1.54) is 12.4 Å². The van der Waals surface area contributed by atoms with Gasteiger partial charge in [0.25, 0.3) is 0 Å². The first-order valence-corrected chi connectivity index (χ1v) is 7.30. The average molecular weight is 308 g/mol. The predicted octanol–water partition coefficient (Wildman–Crippen LogP) is 2.85. The fourth-order valence-corrected chi connectivity index (χ4v) is 1.80. The normalized spacial score (nSPS) is 9.65. The lowest BCUT2D eigenvalue weighted by molar-refractivity contribution is 0.269. The van der Waals surface area contributed by atoms with Crippen LogP contribution in [0.1, 0.15) is 30.4 Å². The molecule has 2 aromatic heterocycles. The van der Waals surface area contributed by atoms with Gasteiger partial charge in [-0.1, -0.05) is 0 Å². The third-order valence-corrected chi connectivity index (χ3v) is 3.02. The second kappa shape index (κ2) is 9.01. The Morgan fingerprint density at radius 1 is 0.739 bits per heavy atom. The molecule has 23 heavy (non-hydrogen) atoms. The lowest BCUT2D eigenvalue weighted by Gasteiger charge is -2.06. The largest absolute Gasteiger partial charge is 0.478 e. The summed E-state index contributed by atoms with van der Waals surface area (Å²) in [5.41, 5.74) is 1.04. The summed E-state index contributed by atoms with van der Waals surface area (Å²) in [7, 11) is 0. The Hall–Kier alpha value is -3.12. The Morgan fingerprint density at radius 2 is 1.22 bits per heavy atom. The van der Waals surface area contributed by atoms with Crippen LogP contribution in [0.5, 0.6) is 11.8 Å². The number of aromatic nitrogens is 2. The highest BCUT2D eigenvalue weighted by molar-refractivity contribution is 5.28. The van der Waals surface area contributed by atoms with Gasteiger partial charge in [-0.15, -0.1) is 0 Å². The number of hydrogen-bond donors (Lipinski definition) is 0. The van der Waals surface area contributed by atoms with E-state index in [2.05, 4.69) is 9.97 Å². The van der Waals surface area contributed by atoms with Crippen molar-refractivity contribution in [1.29, 1.82) is 10.5 Å². The highest BCUT2D eigenvalue weighted by atomic mass is 16.5. The zero-order valence-corrected chi connectivity index (χ0v) is 12.6. The zero-order chi connectivity index (χ0) is 16.3. The van der Waals surface area contributed by atoms with E-state index in [-0.39, 0.29) is 0 Å². The van der Waals surface area contributed by atoms with Gasteiger partial charge in [0.2, 0.25) is 11.8 Å². The fourth-order valence-electron chi connectivity index (χ4n) is 1.80. The van der Waals surface area contributed by atoms with Crippen molar-refractivity contribution in [2.24, 2.45) is 0 Å². The molecule has 0 spiro atoms. The third kappa shape index (κ3) is 5.64. The molecule has 6 nitrogen and oxygen atoms in total. The van der Waals surface area contributed by atoms with Gasteiger partial charge in [-0.05, 0) is 31.4 Å². The molecule has 2 rings (SSSR count). The fraction of sp³-hybridized carbons (Fsp3) is 0.294. The van der Waals surface area contributed by atoms with Gasteiger partial charge in [-0.25, -0.2) is 9.97 Å². The minimum atomic E-state index is 0.519. The topological polar surface area (TPSA) is 91.8 Å². The molecule has 116 valence electrons. The molecule has 0 aliphatic carbocycles. The number of ether oxygens (including phenoxy) is 2. The number of hydrogen-bond acceptors (Lipinski definition) is 6. The van der Waals surface area contributed by atoms with Crippen molar-refractivity contribution >= 4 is 0 Å². The van der Waals surface area contributed by atoms with Gasteiger partial charge in [0.05, 0.1) is 24.3 Å². The molecule has 0 aliphatic rings. The second-order valence-electron chi connectivity index (χ2n) is 4.75. The van der Waals surface area contributed by atoms with Crippen molar-refractivity contribution in [2.75, 3.05) is 13.2 Å². The van der Waals surface area contributed by atoms with Crippen LogP contribution in [0.25, 0.3) is 0 Å². The summed E-state index contributed by atoms with van der Waals surface area (Å²) < 4.78 is 11.0. The summed E-state index contributed by atoms with van der Waals surface area (Å²) in [6.07, 6.45) is 5.74. The van der Waals surface area contributed by atoms with Crippen LogP contribution in [-0.2, 0) is 0 Å². The Labute approximate surface area is 134 Å². The minimum Gasteiger partial charge on any atom is -0.478 e. The van der Waals surface area contributed by atoms with Crippen LogP contribution in [0.3, 0.4) is 0 Å². The minimum absolute atomic E-state index is 0.519. The molecule has 0 saturated carbocycles. The summed E-state index contributed by atoms with van der Waals surface area (Å²) in [4.78, 5) is 8.07. The molecule has 0 aromatic carbocycles. The lowest BCUT2D eigenvalue weighted by Crippen LogP contribution is -2.02. The monoisotopic (exact) mass is 308 g/mol. The molecular formula is C17H16N4O2. The van der Waals surface area contributed by atoms with Crippen LogP contribution >= 0.6 is 0 Å². The number of nitriles is 2. The first-order chi connectivity index (χ1) is 11.3. The van der Waals surface area contributed by atoms with Crippen molar-refractivity contribution in [3.8, 4) is 23.9 Å². The molecule has 0 unspecified atom stereocenters. The van der Waals surface area contributed by atoms with E-state index in [0.717, 1.165) is 19.3 Å². The maximum atomic E-state index is 8.67. The number of pyridine rings is 2. The van der Waals surface area contributed by atoms with Crippen molar-refractivity contribution < 1.29 is 9.47 Å². The molecule has 2 heterocycles. The second-order valence-corrected chi connectivity index (χ2v) is 4.75. The Kier molecular flexibility index (Phi) is 6.37. The molecule has 0 aliphatic heterocycles. The molecular weight excluding hydrogens is 292 g/mol. The highest BCUT2D eigenvalue weighted by Crippen LogP contribution is 2.09. The van der Waals surface area contributed by atoms with Crippen molar-refractivity contribution in [2.45, 2.75) is 19.3 Å². The van der Waals surface area contributed by atoms with Gasteiger partial charge in [-0.3, -0.25) is 0 Å². The quantitative estimate of drug-likeness (QED) is 0.696. The van der Waals surface area contributed by atoms with Gasteiger partial charge < -0.3 is 9.47 Å². The molecule has 2 aromatic rings. The Balaban J connectivity index is 1.55. The third-order valence-electron chi connectivity index (χ3n) is 3.02. The summed E-state index contributed by atoms with van der Waals surface area (Å²) in [5.74, 6) is 1.06. The molecule has 0 saturated heterocycles. The number of rotatable bonds is 8. The highest BCUT2D eigenvalue weighted by Gasteiger charge is 1.98. The molecule has 0 radical (unpaired) electrons. The summed E-state index contributed by atoms with van der Waals surface area (Å²) in [5, 5.41) is 17.3. The standard InChI is InChI=1S/C17H16N4O2/c18-10-14-4-6-16(20-12-14)22-8-2-1-3-9-23-17-7-5-15(11-19)13-21-17/h4-7,12-13H,1-3,8-9H2. The average Bonchev–Trinajstić information content (AvgIpc) is 2.62. The molecule has 0 fully saturated rings. The maximum Gasteiger partial charge on any atom is 0.213 e. The van der Waals surface area contributed by atoms with Crippen molar-refractivity contribution in [3.63, 3.8) is 0 Å². The summed E-state index contributed by atoms with van der Waals surface area (Å²) in [6.45, 7) is 1.15. The SMILES string of the molecule is N#Cc1ccc(OCCCCCOc2ccc(C#N)cn2)nc1. The summed E-state index contributed by atoms with van der Waals surface area (Å²) in [6, 6.07) is 10.8. The van der Waals surface area contributed by atoms with Gasteiger partial charge in [0.15, 0.2) is 0 Å². The maximum absolute atomic E-state index is 8.67. The van der Waals surface area contributed by atoms with Crippen LogP contribution in [0.2, 0.25) is 0 Å². The van der Waals surface area contributed by atoms with E-state index in [1.54, 1.807) is 24.3 Å². The van der Waals surface area contributed by atoms with Crippen LogP contribution in [0, 0.1) is 22.7 Å². The van der Waals surface area contributed by atoms with E-state index < -0.39 is 0 Å². The Bertz CT molecular complexity index is 623. The van der Waals surface area contributed by atoms with Gasteiger partial charge in [0, 0.05) is 24.5 Å². The van der Waals surface area contributed by atoms with E-state index in [1.807, 2.05) is 12.1 Å². The van der Waals surface area contributed by atoms with E-state index in [4.69, 9.17) is 20.0 Å². The van der Waals surface area contributed by atoms with Gasteiger partial charge >= 0.3 is 0 Å². The van der Waals surface area contributed by atoms with E-state index >= 15 is 0 Å². The number of nitrogens with zero attached hydrogens (tertiary/aromatic N) is 4. The van der Waals surface area contributed by atoms with Gasteiger partial charge in [-0.2, -0.15) is 10.5 Å². The van der Waals surface area contributed by atoms with E-state index in [9.17, 15) is 0 Å². The van der Waals surface area contributed by atoms with Gasteiger partial charge in [0.1, 0.15) is 12.1 Å².